The first-order valence-electron chi connectivity index (χ1n) is 10.5. The summed E-state index contributed by atoms with van der Waals surface area (Å²) in [5.74, 6) is 0. The van der Waals surface area contributed by atoms with Gasteiger partial charge >= 0.3 is 0 Å². The molecule has 0 radical (unpaired) electrons. The molecule has 0 amide bonds. The van der Waals surface area contributed by atoms with Gasteiger partial charge in [-0.15, -0.1) is 0 Å². The van der Waals surface area contributed by atoms with Gasteiger partial charge in [-0.05, 0) is 26.7 Å². The molecule has 0 aliphatic heterocycles. The average Bonchev–Trinajstić information content (AvgIpc) is 3.12. The van der Waals surface area contributed by atoms with Crippen molar-refractivity contribution in [3.05, 3.63) is 51.5 Å². The third kappa shape index (κ3) is 3.34. The molecule has 1 aromatic carbocycles. The van der Waals surface area contributed by atoms with Crippen molar-refractivity contribution in [3.63, 3.8) is 0 Å². The monoisotopic (exact) mass is 452 g/mol. The summed E-state index contributed by atoms with van der Waals surface area (Å²) in [4.78, 5) is 52.3. The molecule has 0 bridgehead atoms. The number of aromatic nitrogens is 2. The van der Waals surface area contributed by atoms with Gasteiger partial charge < -0.3 is 0 Å². The minimum Gasteiger partial charge on any atom is -0.271 e. The summed E-state index contributed by atoms with van der Waals surface area (Å²) in [5, 5.41) is -0.597. The van der Waals surface area contributed by atoms with E-state index in [4.69, 9.17) is 23.2 Å². The van der Waals surface area contributed by atoms with Crippen LogP contribution in [-0.2, 0) is 0 Å². The van der Waals surface area contributed by atoms with Crippen LogP contribution in [0.25, 0.3) is 21.5 Å². The molecular weight excluding hydrogens is 427 g/mol. The third-order valence-electron chi connectivity index (χ3n) is 5.94. The quantitative estimate of drug-likeness (QED) is 0.495. The minimum atomic E-state index is -0.564. The maximum Gasteiger partial charge on any atom is 0.263 e. The number of nitrogens with zero attached hydrogens (tertiary/aromatic N) is 2. The van der Waals surface area contributed by atoms with Gasteiger partial charge in [0.25, 0.3) is 22.2 Å². The molecule has 0 aliphatic rings. The summed E-state index contributed by atoms with van der Waals surface area (Å²) >= 11 is 13.0. The molecule has 3 aromatic rings. The Morgan fingerprint density at radius 2 is 0.900 bits per heavy atom. The largest absolute Gasteiger partial charge is 0.271 e. The van der Waals surface area contributed by atoms with Gasteiger partial charge in [-0.1, -0.05) is 62.7 Å². The van der Waals surface area contributed by atoms with E-state index in [0.717, 1.165) is 34.8 Å². The van der Waals surface area contributed by atoms with Crippen molar-refractivity contribution in [2.75, 3.05) is 0 Å². The average molecular weight is 453 g/mol. The standard InChI is InChI=1S/C22H26Cl2N2O4/c1-5-7-9-11(3)25-19(27)13-14(20(25)28)18(24)16-15(17(13)23)21(29)26(22(16)30)12(4)10-8-6-2/h11-12H,5-10H2,1-4H3/t11-,12-/m1/s1. The van der Waals surface area contributed by atoms with E-state index in [0.29, 0.717) is 12.8 Å². The summed E-state index contributed by atoms with van der Waals surface area (Å²) in [6, 6.07) is -0.674. The van der Waals surface area contributed by atoms with Crippen molar-refractivity contribution >= 4 is 44.7 Å². The number of rotatable bonds is 8. The second kappa shape index (κ2) is 8.67. The first-order valence-corrected chi connectivity index (χ1v) is 11.2. The number of hydrogen-bond acceptors (Lipinski definition) is 4. The van der Waals surface area contributed by atoms with Crippen LogP contribution < -0.4 is 22.2 Å². The molecule has 3 rings (SSSR count). The molecule has 0 spiro atoms. The van der Waals surface area contributed by atoms with Crippen LogP contribution in [0.15, 0.2) is 19.2 Å². The van der Waals surface area contributed by atoms with Crippen molar-refractivity contribution in [2.24, 2.45) is 0 Å². The van der Waals surface area contributed by atoms with E-state index in [1.165, 1.54) is 0 Å². The molecule has 0 aliphatic carbocycles. The zero-order valence-electron chi connectivity index (χ0n) is 17.7. The summed E-state index contributed by atoms with van der Waals surface area (Å²) in [5.41, 5.74) is -2.26. The predicted molar refractivity (Wildman–Crippen MR) is 123 cm³/mol. The normalized spacial score (nSPS) is 14.1. The molecule has 0 saturated heterocycles. The van der Waals surface area contributed by atoms with Gasteiger partial charge in [0.2, 0.25) is 0 Å². The lowest BCUT2D eigenvalue weighted by atomic mass is 10.1. The van der Waals surface area contributed by atoms with E-state index in [-0.39, 0.29) is 43.7 Å². The first kappa shape index (κ1) is 22.8. The van der Waals surface area contributed by atoms with Crippen LogP contribution in [0.1, 0.15) is 78.3 Å². The lowest BCUT2D eigenvalue weighted by Crippen LogP contribution is -2.29. The van der Waals surface area contributed by atoms with Crippen molar-refractivity contribution in [1.29, 1.82) is 0 Å². The molecule has 0 unspecified atom stereocenters. The smallest absolute Gasteiger partial charge is 0.263 e. The molecule has 162 valence electrons. The Morgan fingerprint density at radius 3 is 1.13 bits per heavy atom. The summed E-state index contributed by atoms with van der Waals surface area (Å²) in [6.45, 7) is 7.64. The third-order valence-corrected chi connectivity index (χ3v) is 6.70. The Hall–Kier alpha value is -1.92. The molecule has 2 aromatic heterocycles. The fraction of sp³-hybridized carbons (Fsp3) is 0.545. The second-order valence-corrected chi connectivity index (χ2v) is 8.83. The lowest BCUT2D eigenvalue weighted by molar-refractivity contribution is 0.469. The van der Waals surface area contributed by atoms with Crippen LogP contribution in [0, 0.1) is 0 Å². The number of halogens is 2. The van der Waals surface area contributed by atoms with E-state index < -0.39 is 22.2 Å². The molecule has 0 fully saturated rings. The van der Waals surface area contributed by atoms with Crippen molar-refractivity contribution in [2.45, 2.75) is 78.3 Å². The molecule has 0 N–H and O–H groups in total. The number of benzene rings is 1. The van der Waals surface area contributed by atoms with Crippen LogP contribution in [-0.4, -0.2) is 9.13 Å². The van der Waals surface area contributed by atoms with Crippen LogP contribution in [0.2, 0.25) is 10.0 Å². The summed E-state index contributed by atoms with van der Waals surface area (Å²) in [6.07, 6.45) is 4.87. The summed E-state index contributed by atoms with van der Waals surface area (Å²) < 4.78 is 2.29. The van der Waals surface area contributed by atoms with Gasteiger partial charge in [0.05, 0.1) is 31.6 Å². The van der Waals surface area contributed by atoms with Crippen LogP contribution in [0.5, 0.6) is 0 Å². The molecule has 2 atom stereocenters. The maximum absolute atomic E-state index is 13.1. The zero-order chi connectivity index (χ0) is 22.3. The van der Waals surface area contributed by atoms with E-state index in [1.807, 2.05) is 13.8 Å². The van der Waals surface area contributed by atoms with Crippen LogP contribution >= 0.6 is 23.2 Å². The van der Waals surface area contributed by atoms with E-state index in [2.05, 4.69) is 0 Å². The number of fused-ring (bicyclic) bond motifs is 2. The van der Waals surface area contributed by atoms with Gasteiger partial charge in [-0.3, -0.25) is 28.3 Å². The highest BCUT2D eigenvalue weighted by Gasteiger charge is 2.29. The predicted octanol–water partition coefficient (Wildman–Crippen LogP) is 4.72. The van der Waals surface area contributed by atoms with Gasteiger partial charge in [0, 0.05) is 12.1 Å². The van der Waals surface area contributed by atoms with E-state index in [1.54, 1.807) is 13.8 Å². The molecule has 2 heterocycles. The Labute approximate surface area is 183 Å². The summed E-state index contributed by atoms with van der Waals surface area (Å²) in [7, 11) is 0. The van der Waals surface area contributed by atoms with Crippen LogP contribution in [0.3, 0.4) is 0 Å². The van der Waals surface area contributed by atoms with Crippen molar-refractivity contribution < 1.29 is 0 Å². The Bertz CT molecular complexity index is 1130. The highest BCUT2D eigenvalue weighted by atomic mass is 35.5. The first-order chi connectivity index (χ1) is 14.2. The SMILES string of the molecule is CCCC[C@@H](C)n1c(=O)c2c(Cl)c3c(=O)n([C@H](C)CCCC)c(=O)c3c(Cl)c2c1=O. The molecule has 0 saturated carbocycles. The van der Waals surface area contributed by atoms with Gasteiger partial charge in [-0.2, -0.15) is 0 Å². The highest BCUT2D eigenvalue weighted by molar-refractivity contribution is 6.47. The molecule has 8 heteroatoms. The molecule has 30 heavy (non-hydrogen) atoms. The van der Waals surface area contributed by atoms with Gasteiger partial charge in [0.15, 0.2) is 0 Å². The van der Waals surface area contributed by atoms with Gasteiger partial charge in [-0.25, -0.2) is 0 Å². The Balaban J connectivity index is 2.39. The zero-order valence-corrected chi connectivity index (χ0v) is 19.2. The van der Waals surface area contributed by atoms with Crippen molar-refractivity contribution in [1.82, 2.24) is 9.13 Å². The van der Waals surface area contributed by atoms with Crippen molar-refractivity contribution in [3.8, 4) is 0 Å². The number of unbranched alkanes of at least 4 members (excludes halogenated alkanes) is 2. The fourth-order valence-corrected chi connectivity index (χ4v) is 4.92. The second-order valence-electron chi connectivity index (χ2n) is 8.07. The molecule has 6 nitrogen and oxygen atoms in total. The van der Waals surface area contributed by atoms with E-state index in [9.17, 15) is 19.2 Å². The Kier molecular flexibility index (Phi) is 6.58. The minimum absolute atomic E-state index is 0.0713. The number of hydrogen-bond donors (Lipinski definition) is 0. The lowest BCUT2D eigenvalue weighted by Gasteiger charge is -2.10. The fourth-order valence-electron chi connectivity index (χ4n) is 4.22. The molecular formula is C22H26Cl2N2O4. The van der Waals surface area contributed by atoms with Crippen LogP contribution in [0.4, 0.5) is 0 Å². The topological polar surface area (TPSA) is 78.1 Å². The van der Waals surface area contributed by atoms with E-state index >= 15 is 0 Å². The Morgan fingerprint density at radius 1 is 0.633 bits per heavy atom. The van der Waals surface area contributed by atoms with Gasteiger partial charge in [0.1, 0.15) is 0 Å². The maximum atomic E-state index is 13.1. The highest BCUT2D eigenvalue weighted by Crippen LogP contribution is 2.34.